The smallest absolute Gasteiger partial charge is 0.294 e. The van der Waals surface area contributed by atoms with Gasteiger partial charge in [0.15, 0.2) is 0 Å². The Labute approximate surface area is 62.6 Å². The SMILES string of the molecule is O=POCC1C=CCCC1. The van der Waals surface area contributed by atoms with Gasteiger partial charge in [0, 0.05) is 5.92 Å². The summed E-state index contributed by atoms with van der Waals surface area (Å²) in [7, 11) is -0.195. The molecule has 0 N–H and O–H groups in total. The molecule has 0 saturated heterocycles. The predicted octanol–water partition coefficient (Wildman–Crippen LogP) is 2.57. The summed E-state index contributed by atoms with van der Waals surface area (Å²) in [5, 5.41) is 0. The lowest BCUT2D eigenvalue weighted by Gasteiger charge is -2.13. The summed E-state index contributed by atoms with van der Waals surface area (Å²) in [4.78, 5) is 0. The molecule has 0 fully saturated rings. The zero-order valence-corrected chi connectivity index (χ0v) is 6.72. The molecule has 0 spiro atoms. The van der Waals surface area contributed by atoms with Crippen molar-refractivity contribution in [3.63, 3.8) is 0 Å². The molecule has 1 atom stereocenters. The average molecular weight is 158 g/mol. The van der Waals surface area contributed by atoms with E-state index in [-0.39, 0.29) is 8.69 Å². The first-order valence-electron chi connectivity index (χ1n) is 3.55. The van der Waals surface area contributed by atoms with Crippen LogP contribution in [0.1, 0.15) is 19.3 Å². The highest BCUT2D eigenvalue weighted by molar-refractivity contribution is 7.17. The molecule has 3 heteroatoms. The van der Waals surface area contributed by atoms with Gasteiger partial charge in [0.1, 0.15) is 0 Å². The lowest BCUT2D eigenvalue weighted by atomic mass is 9.97. The van der Waals surface area contributed by atoms with Crippen molar-refractivity contribution in [1.82, 2.24) is 0 Å². The zero-order valence-electron chi connectivity index (χ0n) is 5.82. The van der Waals surface area contributed by atoms with Crippen molar-refractivity contribution in [2.75, 3.05) is 6.61 Å². The Kier molecular flexibility index (Phi) is 3.63. The van der Waals surface area contributed by atoms with Gasteiger partial charge < -0.3 is 0 Å². The average Bonchev–Trinajstić information content (AvgIpc) is 2.03. The quantitative estimate of drug-likeness (QED) is 0.466. The highest BCUT2D eigenvalue weighted by Gasteiger charge is 2.07. The Morgan fingerprint density at radius 3 is 3.20 bits per heavy atom. The van der Waals surface area contributed by atoms with Gasteiger partial charge >= 0.3 is 8.69 Å². The molecule has 0 amide bonds. The molecule has 1 rings (SSSR count). The molecule has 0 aromatic heterocycles. The predicted molar refractivity (Wildman–Crippen MR) is 40.0 cm³/mol. The molecule has 56 valence electrons. The van der Waals surface area contributed by atoms with Gasteiger partial charge in [-0.05, 0) is 19.3 Å². The van der Waals surface area contributed by atoms with Crippen LogP contribution in [0.2, 0.25) is 0 Å². The Hall–Kier alpha value is -0.200. The maximum absolute atomic E-state index is 9.90. The fourth-order valence-electron chi connectivity index (χ4n) is 1.15. The Morgan fingerprint density at radius 2 is 2.60 bits per heavy atom. The van der Waals surface area contributed by atoms with Gasteiger partial charge in [-0.1, -0.05) is 12.2 Å². The molecule has 1 aliphatic rings. The minimum Gasteiger partial charge on any atom is -0.294 e. The van der Waals surface area contributed by atoms with E-state index in [1.165, 1.54) is 19.3 Å². The zero-order chi connectivity index (χ0) is 7.23. The topological polar surface area (TPSA) is 26.3 Å². The minimum absolute atomic E-state index is 0.195. The molecule has 0 saturated carbocycles. The molecule has 0 radical (unpaired) electrons. The number of allylic oxidation sites excluding steroid dienone is 1. The summed E-state index contributed by atoms with van der Waals surface area (Å²) in [6.45, 7) is 0.599. The van der Waals surface area contributed by atoms with Crippen LogP contribution in [-0.2, 0) is 9.09 Å². The highest BCUT2D eigenvalue weighted by atomic mass is 31.1. The fraction of sp³-hybridized carbons (Fsp3) is 0.714. The minimum atomic E-state index is -0.195. The Morgan fingerprint density at radius 1 is 1.70 bits per heavy atom. The summed E-state index contributed by atoms with van der Waals surface area (Å²) in [6.07, 6.45) is 7.91. The van der Waals surface area contributed by atoms with E-state index in [4.69, 9.17) is 4.52 Å². The maximum atomic E-state index is 9.90. The van der Waals surface area contributed by atoms with Crippen molar-refractivity contribution in [3.05, 3.63) is 12.2 Å². The van der Waals surface area contributed by atoms with Gasteiger partial charge in [0.25, 0.3) is 0 Å². The first-order chi connectivity index (χ1) is 4.93. The molecule has 0 bridgehead atoms. The van der Waals surface area contributed by atoms with Crippen molar-refractivity contribution in [1.29, 1.82) is 0 Å². The summed E-state index contributed by atoms with van der Waals surface area (Å²) in [6, 6.07) is 0. The molecule has 0 aromatic carbocycles. The van der Waals surface area contributed by atoms with Gasteiger partial charge in [-0.3, -0.25) is 4.52 Å². The summed E-state index contributed by atoms with van der Waals surface area (Å²) in [5.74, 6) is 0.496. The van der Waals surface area contributed by atoms with Crippen molar-refractivity contribution in [2.24, 2.45) is 5.92 Å². The maximum Gasteiger partial charge on any atom is 0.327 e. The summed E-state index contributed by atoms with van der Waals surface area (Å²) >= 11 is 0. The molecule has 2 nitrogen and oxygen atoms in total. The molecule has 0 aromatic rings. The molecule has 0 heterocycles. The Bertz CT molecular complexity index is 134. The van der Waals surface area contributed by atoms with Gasteiger partial charge in [0.2, 0.25) is 0 Å². The standard InChI is InChI=1S/C7H11O2P/c8-10-9-6-7-4-2-1-3-5-7/h2,4,7H,1,3,5-6H2. The van der Waals surface area contributed by atoms with E-state index in [1.54, 1.807) is 0 Å². The van der Waals surface area contributed by atoms with E-state index >= 15 is 0 Å². The van der Waals surface area contributed by atoms with Crippen molar-refractivity contribution < 1.29 is 9.09 Å². The summed E-state index contributed by atoms with van der Waals surface area (Å²) in [5.41, 5.74) is 0. The lowest BCUT2D eigenvalue weighted by molar-refractivity contribution is 0.284. The highest BCUT2D eigenvalue weighted by Crippen LogP contribution is 2.18. The van der Waals surface area contributed by atoms with Crippen LogP contribution in [0.3, 0.4) is 0 Å². The fourth-order valence-corrected chi connectivity index (χ4v) is 1.40. The molecule has 10 heavy (non-hydrogen) atoms. The van der Waals surface area contributed by atoms with Crippen LogP contribution in [0.15, 0.2) is 12.2 Å². The van der Waals surface area contributed by atoms with Crippen LogP contribution >= 0.6 is 8.69 Å². The first-order valence-corrected chi connectivity index (χ1v) is 4.28. The second-order valence-corrected chi connectivity index (χ2v) is 2.90. The van der Waals surface area contributed by atoms with E-state index in [9.17, 15) is 4.57 Å². The van der Waals surface area contributed by atoms with Crippen LogP contribution in [0.25, 0.3) is 0 Å². The van der Waals surface area contributed by atoms with E-state index in [0.29, 0.717) is 12.5 Å². The molecular formula is C7H11O2P. The number of rotatable bonds is 3. The van der Waals surface area contributed by atoms with Crippen molar-refractivity contribution in [3.8, 4) is 0 Å². The third-order valence-electron chi connectivity index (χ3n) is 1.70. The van der Waals surface area contributed by atoms with Crippen LogP contribution in [0.5, 0.6) is 0 Å². The van der Waals surface area contributed by atoms with Gasteiger partial charge in [-0.15, -0.1) is 0 Å². The van der Waals surface area contributed by atoms with Gasteiger partial charge in [-0.25, -0.2) is 4.57 Å². The molecule has 1 aliphatic carbocycles. The molecule has 1 unspecified atom stereocenters. The van der Waals surface area contributed by atoms with Crippen LogP contribution in [0, 0.1) is 5.92 Å². The van der Waals surface area contributed by atoms with E-state index in [0.717, 1.165) is 0 Å². The number of hydrogen-bond donors (Lipinski definition) is 0. The second kappa shape index (κ2) is 4.59. The van der Waals surface area contributed by atoms with Crippen LogP contribution < -0.4 is 0 Å². The summed E-state index contributed by atoms with van der Waals surface area (Å²) < 4.78 is 14.6. The molecule has 0 aliphatic heterocycles. The third-order valence-corrected chi connectivity index (χ3v) is 1.95. The molecular weight excluding hydrogens is 147 g/mol. The Balaban J connectivity index is 2.19. The monoisotopic (exact) mass is 158 g/mol. The van der Waals surface area contributed by atoms with Gasteiger partial charge in [0.05, 0.1) is 6.61 Å². The number of hydrogen-bond acceptors (Lipinski definition) is 2. The van der Waals surface area contributed by atoms with Crippen molar-refractivity contribution in [2.45, 2.75) is 19.3 Å². The van der Waals surface area contributed by atoms with Crippen molar-refractivity contribution >= 4 is 8.69 Å². The normalized spacial score (nSPS) is 25.4. The van der Waals surface area contributed by atoms with E-state index in [2.05, 4.69) is 12.2 Å². The van der Waals surface area contributed by atoms with E-state index < -0.39 is 0 Å². The van der Waals surface area contributed by atoms with Crippen LogP contribution in [-0.4, -0.2) is 6.61 Å². The second-order valence-electron chi connectivity index (χ2n) is 2.49. The largest absolute Gasteiger partial charge is 0.327 e. The van der Waals surface area contributed by atoms with Crippen LogP contribution in [0.4, 0.5) is 0 Å². The first kappa shape index (κ1) is 7.90. The third kappa shape index (κ3) is 2.59. The lowest BCUT2D eigenvalue weighted by Crippen LogP contribution is -2.05. The van der Waals surface area contributed by atoms with Gasteiger partial charge in [-0.2, -0.15) is 0 Å². The van der Waals surface area contributed by atoms with E-state index in [1.807, 2.05) is 0 Å².